The topological polar surface area (TPSA) is 134 Å². The number of aromatic nitrogens is 4. The summed E-state index contributed by atoms with van der Waals surface area (Å²) < 4.78 is 0. The number of anilines is 2. The third-order valence-electron chi connectivity index (χ3n) is 7.44. The lowest BCUT2D eigenvalue weighted by molar-refractivity contribution is 0.101. The summed E-state index contributed by atoms with van der Waals surface area (Å²) in [5.74, 6) is -0.548. The Kier molecular flexibility index (Phi) is 7.65. The molecule has 206 valence electrons. The van der Waals surface area contributed by atoms with Gasteiger partial charge in [0.1, 0.15) is 10.0 Å². The quantitative estimate of drug-likeness (QED) is 0.242. The summed E-state index contributed by atoms with van der Waals surface area (Å²) >= 11 is 2.66. The van der Waals surface area contributed by atoms with Crippen molar-refractivity contribution in [1.82, 2.24) is 31.0 Å². The fourth-order valence-electron chi connectivity index (χ4n) is 5.20. The maximum Gasteiger partial charge on any atom is 0.286 e. The number of nitrogens with one attached hydrogen (secondary N) is 4. The molecule has 2 saturated heterocycles. The van der Waals surface area contributed by atoms with Crippen LogP contribution in [0.15, 0.2) is 36.4 Å². The molecule has 2 unspecified atom stereocenters. The largest absolute Gasteiger partial charge is 0.320 e. The summed E-state index contributed by atoms with van der Waals surface area (Å²) in [4.78, 5) is 26.0. The monoisotopic (exact) mass is 574 g/mol. The van der Waals surface area contributed by atoms with Crippen molar-refractivity contribution in [2.75, 3.05) is 23.7 Å². The van der Waals surface area contributed by atoms with Crippen LogP contribution in [0.2, 0.25) is 0 Å². The first-order chi connectivity index (χ1) is 19.5. The van der Waals surface area contributed by atoms with E-state index >= 15 is 0 Å². The van der Waals surface area contributed by atoms with Gasteiger partial charge in [0.25, 0.3) is 11.8 Å². The molecule has 40 heavy (non-hydrogen) atoms. The highest BCUT2D eigenvalue weighted by atomic mass is 32.1. The molecule has 2 atom stereocenters. The van der Waals surface area contributed by atoms with Gasteiger partial charge in [-0.1, -0.05) is 46.9 Å². The van der Waals surface area contributed by atoms with Crippen LogP contribution in [0.3, 0.4) is 0 Å². The zero-order chi connectivity index (χ0) is 27.6. The zero-order valence-corrected chi connectivity index (χ0v) is 23.9. The molecule has 0 aliphatic carbocycles. The van der Waals surface area contributed by atoms with Gasteiger partial charge in [-0.3, -0.25) is 9.59 Å². The summed E-state index contributed by atoms with van der Waals surface area (Å²) in [5.41, 5.74) is 5.17. The van der Waals surface area contributed by atoms with Gasteiger partial charge in [-0.05, 0) is 87.0 Å². The SMILES string of the molecule is Cc1c(NC(=O)c2nnc(C3CCCN3)s2)cccc1-c1cccc(NC(=O)c2nnc(C3CCCN3)s2)c1C. The van der Waals surface area contributed by atoms with Crippen LogP contribution in [-0.4, -0.2) is 45.3 Å². The number of rotatable bonds is 7. The van der Waals surface area contributed by atoms with E-state index in [0.29, 0.717) is 21.4 Å². The average Bonchev–Trinajstić information content (AvgIpc) is 3.77. The first kappa shape index (κ1) is 26.6. The van der Waals surface area contributed by atoms with E-state index in [2.05, 4.69) is 41.7 Å². The Labute approximate surface area is 240 Å². The van der Waals surface area contributed by atoms with E-state index in [9.17, 15) is 9.59 Å². The van der Waals surface area contributed by atoms with Crippen molar-refractivity contribution < 1.29 is 9.59 Å². The van der Waals surface area contributed by atoms with Crippen LogP contribution in [0.4, 0.5) is 11.4 Å². The normalized spacial score (nSPS) is 18.6. The lowest BCUT2D eigenvalue weighted by Crippen LogP contribution is -2.13. The summed E-state index contributed by atoms with van der Waals surface area (Å²) in [7, 11) is 0. The molecule has 4 aromatic rings. The van der Waals surface area contributed by atoms with Crippen LogP contribution in [0, 0.1) is 13.8 Å². The molecule has 2 amide bonds. The molecule has 12 heteroatoms. The van der Waals surface area contributed by atoms with E-state index in [0.717, 1.165) is 71.0 Å². The van der Waals surface area contributed by atoms with Gasteiger partial charge in [-0.15, -0.1) is 20.4 Å². The van der Waals surface area contributed by atoms with Crippen molar-refractivity contribution in [3.05, 3.63) is 67.6 Å². The Morgan fingerprint density at radius 3 is 1.57 bits per heavy atom. The van der Waals surface area contributed by atoms with Gasteiger partial charge in [0.15, 0.2) is 0 Å². The Morgan fingerprint density at radius 2 is 1.18 bits per heavy atom. The standard InChI is InChI=1S/C28H30N8O2S2/c1-15-17(7-3-9-19(15)31-23(37)27-35-33-25(39-27)21-11-5-13-29-21)18-8-4-10-20(16(18)2)32-24(38)28-36-34-26(40-28)22-12-6-14-30-22/h3-4,7-10,21-22,29-30H,5-6,11-14H2,1-2H3,(H,31,37)(H,32,38). The Balaban J connectivity index is 1.19. The lowest BCUT2D eigenvalue weighted by atomic mass is 9.94. The van der Waals surface area contributed by atoms with Gasteiger partial charge in [-0.2, -0.15) is 0 Å². The zero-order valence-electron chi connectivity index (χ0n) is 22.3. The molecule has 0 saturated carbocycles. The van der Waals surface area contributed by atoms with Gasteiger partial charge in [-0.25, -0.2) is 0 Å². The lowest BCUT2D eigenvalue weighted by Gasteiger charge is -2.16. The molecule has 2 aromatic heterocycles. The molecule has 2 aromatic carbocycles. The second-order valence-corrected chi connectivity index (χ2v) is 12.1. The molecular weight excluding hydrogens is 544 g/mol. The smallest absolute Gasteiger partial charge is 0.286 e. The van der Waals surface area contributed by atoms with Crippen molar-refractivity contribution in [2.45, 2.75) is 51.6 Å². The number of benzene rings is 2. The molecule has 6 rings (SSSR count). The summed E-state index contributed by atoms with van der Waals surface area (Å²) in [6.07, 6.45) is 4.22. The van der Waals surface area contributed by atoms with Crippen LogP contribution >= 0.6 is 22.7 Å². The molecule has 2 aliphatic rings. The number of amides is 2. The predicted octanol–water partition coefficient (Wildman–Crippen LogP) is 5.03. The average molecular weight is 575 g/mol. The third-order valence-corrected chi connectivity index (χ3v) is 9.51. The molecule has 4 N–H and O–H groups in total. The summed E-state index contributed by atoms with van der Waals surface area (Å²) in [5, 5.41) is 31.9. The molecule has 2 aliphatic heterocycles. The summed E-state index contributed by atoms with van der Waals surface area (Å²) in [6.45, 7) is 5.87. The molecular formula is C28H30N8O2S2. The molecule has 0 spiro atoms. The Bertz CT molecular complexity index is 1440. The highest BCUT2D eigenvalue weighted by Gasteiger charge is 2.24. The van der Waals surface area contributed by atoms with E-state index in [1.165, 1.54) is 22.7 Å². The number of hydrogen-bond acceptors (Lipinski definition) is 10. The van der Waals surface area contributed by atoms with Crippen molar-refractivity contribution in [2.24, 2.45) is 0 Å². The van der Waals surface area contributed by atoms with Gasteiger partial charge in [0.05, 0.1) is 12.1 Å². The third kappa shape index (κ3) is 5.39. The van der Waals surface area contributed by atoms with Crippen molar-refractivity contribution in [3.8, 4) is 11.1 Å². The first-order valence-corrected chi connectivity index (χ1v) is 15.1. The van der Waals surface area contributed by atoms with Crippen LogP contribution in [0.25, 0.3) is 11.1 Å². The molecule has 0 bridgehead atoms. The fourth-order valence-corrected chi connectivity index (χ4v) is 6.90. The molecule has 0 radical (unpaired) electrons. The molecule has 4 heterocycles. The Hall–Kier alpha value is -3.58. The highest BCUT2D eigenvalue weighted by molar-refractivity contribution is 7.13. The van der Waals surface area contributed by atoms with E-state index in [1.54, 1.807) is 0 Å². The van der Waals surface area contributed by atoms with Crippen LogP contribution < -0.4 is 21.3 Å². The minimum atomic E-state index is -0.274. The Morgan fingerprint density at radius 1 is 0.725 bits per heavy atom. The van der Waals surface area contributed by atoms with Gasteiger partial charge < -0.3 is 21.3 Å². The van der Waals surface area contributed by atoms with Gasteiger partial charge >= 0.3 is 0 Å². The van der Waals surface area contributed by atoms with Crippen molar-refractivity contribution in [1.29, 1.82) is 0 Å². The fraction of sp³-hybridized carbons (Fsp3) is 0.357. The van der Waals surface area contributed by atoms with E-state index in [-0.39, 0.29) is 23.9 Å². The van der Waals surface area contributed by atoms with Crippen LogP contribution in [0.5, 0.6) is 0 Å². The number of nitrogens with zero attached hydrogens (tertiary/aromatic N) is 4. The van der Waals surface area contributed by atoms with Crippen molar-refractivity contribution >= 4 is 45.9 Å². The van der Waals surface area contributed by atoms with E-state index < -0.39 is 0 Å². The molecule has 10 nitrogen and oxygen atoms in total. The summed E-state index contributed by atoms with van der Waals surface area (Å²) in [6, 6.07) is 12.0. The second-order valence-electron chi connectivity index (χ2n) is 10.1. The number of hydrogen-bond donors (Lipinski definition) is 4. The second kappa shape index (κ2) is 11.5. The van der Waals surface area contributed by atoms with E-state index in [4.69, 9.17) is 0 Å². The molecule has 2 fully saturated rings. The number of carbonyl (C=O) groups is 2. The highest BCUT2D eigenvalue weighted by Crippen LogP contribution is 2.35. The van der Waals surface area contributed by atoms with Crippen molar-refractivity contribution in [3.63, 3.8) is 0 Å². The minimum Gasteiger partial charge on any atom is -0.320 e. The van der Waals surface area contributed by atoms with Gasteiger partial charge in [0, 0.05) is 11.4 Å². The van der Waals surface area contributed by atoms with Gasteiger partial charge in [0.2, 0.25) is 10.0 Å². The van der Waals surface area contributed by atoms with Crippen LogP contribution in [-0.2, 0) is 0 Å². The maximum absolute atomic E-state index is 13.0. The maximum atomic E-state index is 13.0. The first-order valence-electron chi connectivity index (χ1n) is 13.4. The van der Waals surface area contributed by atoms with E-state index in [1.807, 2.05) is 50.2 Å². The minimum absolute atomic E-state index is 0.179. The number of carbonyl (C=O) groups excluding carboxylic acids is 2. The van der Waals surface area contributed by atoms with Crippen LogP contribution in [0.1, 0.15) is 78.5 Å². The predicted molar refractivity (Wildman–Crippen MR) is 157 cm³/mol.